The van der Waals surface area contributed by atoms with Crippen LogP contribution in [0.4, 0.5) is 11.8 Å². The van der Waals surface area contributed by atoms with Gasteiger partial charge in [0.25, 0.3) is 5.91 Å². The van der Waals surface area contributed by atoms with E-state index in [1.165, 1.54) is 0 Å². The van der Waals surface area contributed by atoms with Gasteiger partial charge in [0.2, 0.25) is 5.95 Å². The second kappa shape index (κ2) is 10.1. The van der Waals surface area contributed by atoms with E-state index in [1.54, 1.807) is 20.2 Å². The molecule has 3 fully saturated rings. The van der Waals surface area contributed by atoms with Gasteiger partial charge in [0.05, 0.1) is 55.2 Å². The van der Waals surface area contributed by atoms with Crippen LogP contribution in [0.25, 0.3) is 22.3 Å². The van der Waals surface area contributed by atoms with E-state index in [1.807, 2.05) is 30.3 Å². The van der Waals surface area contributed by atoms with Crippen LogP contribution in [0.2, 0.25) is 0 Å². The lowest BCUT2D eigenvalue weighted by Crippen LogP contribution is -2.61. The van der Waals surface area contributed by atoms with Crippen molar-refractivity contribution in [3.05, 3.63) is 42.0 Å². The van der Waals surface area contributed by atoms with Gasteiger partial charge in [-0.05, 0) is 31.2 Å². The fraction of sp³-hybridized carbons (Fsp3) is 0.500. The summed E-state index contributed by atoms with van der Waals surface area (Å²) in [5.74, 6) is 1.41. The van der Waals surface area contributed by atoms with E-state index in [-0.39, 0.29) is 23.7 Å². The van der Waals surface area contributed by atoms with Gasteiger partial charge in [0, 0.05) is 51.2 Å². The average Bonchev–Trinajstić information content (AvgIpc) is 2.95. The molecule has 1 aliphatic carbocycles. The van der Waals surface area contributed by atoms with Gasteiger partial charge in [0.1, 0.15) is 5.82 Å². The van der Waals surface area contributed by atoms with Crippen LogP contribution in [0.3, 0.4) is 0 Å². The third-order valence-corrected chi connectivity index (χ3v) is 7.88. The molecule has 4 heterocycles. The number of anilines is 2. The minimum absolute atomic E-state index is 0.131. The van der Waals surface area contributed by atoms with Crippen molar-refractivity contribution in [2.45, 2.75) is 37.5 Å². The summed E-state index contributed by atoms with van der Waals surface area (Å²) in [7, 11) is 3.39. The van der Waals surface area contributed by atoms with Crippen molar-refractivity contribution in [3.8, 4) is 11.3 Å². The normalized spacial score (nSPS) is 25.4. The van der Waals surface area contributed by atoms with Crippen LogP contribution < -0.4 is 15.1 Å². The molecule has 2 saturated heterocycles. The molecular weight excluding hydrogens is 484 g/mol. The van der Waals surface area contributed by atoms with E-state index in [0.717, 1.165) is 54.9 Å². The fourth-order valence-electron chi connectivity index (χ4n) is 5.71. The minimum Gasteiger partial charge on any atom is -0.381 e. The summed E-state index contributed by atoms with van der Waals surface area (Å²) in [5.41, 5.74) is 2.63. The number of ether oxygens (including phenoxy) is 3. The van der Waals surface area contributed by atoms with E-state index in [4.69, 9.17) is 29.2 Å². The summed E-state index contributed by atoms with van der Waals surface area (Å²) in [6.45, 7) is 6.29. The number of amides is 1. The summed E-state index contributed by atoms with van der Waals surface area (Å²) < 4.78 is 17.4. The first-order valence-electron chi connectivity index (χ1n) is 13.3. The van der Waals surface area contributed by atoms with Crippen LogP contribution in [0.5, 0.6) is 0 Å². The highest BCUT2D eigenvalue weighted by Gasteiger charge is 2.49. The Morgan fingerprint density at radius 3 is 2.79 bits per heavy atom. The molecule has 1 atom stereocenters. The first-order chi connectivity index (χ1) is 18.5. The third kappa shape index (κ3) is 4.57. The Labute approximate surface area is 222 Å². The summed E-state index contributed by atoms with van der Waals surface area (Å²) >= 11 is 0. The Hall–Kier alpha value is -3.34. The molecule has 2 aliphatic heterocycles. The van der Waals surface area contributed by atoms with E-state index in [0.29, 0.717) is 37.0 Å². The van der Waals surface area contributed by atoms with Gasteiger partial charge in [-0.15, -0.1) is 0 Å². The lowest BCUT2D eigenvalue weighted by atomic mass is 9.76. The molecule has 1 amide bonds. The van der Waals surface area contributed by atoms with Crippen molar-refractivity contribution < 1.29 is 19.0 Å². The Balaban J connectivity index is 1.41. The second-order valence-corrected chi connectivity index (χ2v) is 10.4. The number of hydrogen-bond donors (Lipinski definition) is 1. The monoisotopic (exact) mass is 518 g/mol. The zero-order chi connectivity index (χ0) is 26.3. The predicted octanol–water partition coefficient (Wildman–Crippen LogP) is 2.66. The van der Waals surface area contributed by atoms with Gasteiger partial charge in [-0.25, -0.2) is 4.98 Å². The number of carbonyl (C=O) groups excluding carboxylic acids is 1. The summed E-state index contributed by atoms with van der Waals surface area (Å²) in [6.07, 6.45) is 2.00. The standard InChI is InChI=1S/C28H34N6O4/c1-18-16-37-11-10-34(18)25-22-7-8-23(19-5-4-6-20(13-19)26(35)29-2)30-24(22)31-27(32-25)33-9-12-38-28(17-33)14-21(15-28)36-3/h4-8,13,18,21H,9-12,14-17H2,1-3H3,(H,29,35)/t18-,21-,28-/m0/s1. The molecule has 10 nitrogen and oxygen atoms in total. The van der Waals surface area contributed by atoms with Crippen molar-refractivity contribution in [1.29, 1.82) is 0 Å². The Morgan fingerprint density at radius 2 is 2.00 bits per heavy atom. The van der Waals surface area contributed by atoms with Crippen LogP contribution in [-0.4, -0.2) is 92.2 Å². The van der Waals surface area contributed by atoms with Crippen molar-refractivity contribution in [2.24, 2.45) is 0 Å². The van der Waals surface area contributed by atoms with Crippen LogP contribution in [-0.2, 0) is 14.2 Å². The largest absolute Gasteiger partial charge is 0.381 e. The number of fused-ring (bicyclic) bond motifs is 1. The highest BCUT2D eigenvalue weighted by molar-refractivity contribution is 5.95. The molecule has 3 aliphatic rings. The molecule has 1 aromatic carbocycles. The van der Waals surface area contributed by atoms with Crippen LogP contribution in [0.15, 0.2) is 36.4 Å². The number of hydrogen-bond acceptors (Lipinski definition) is 9. The first kappa shape index (κ1) is 25.0. The quantitative estimate of drug-likeness (QED) is 0.546. The smallest absolute Gasteiger partial charge is 0.251 e. The van der Waals surface area contributed by atoms with Crippen molar-refractivity contribution in [2.75, 3.05) is 63.4 Å². The molecule has 2 aromatic heterocycles. The molecule has 6 rings (SSSR count). The molecule has 0 unspecified atom stereocenters. The highest BCUT2D eigenvalue weighted by atomic mass is 16.5. The Bertz CT molecular complexity index is 1340. The number of carbonyl (C=O) groups is 1. The van der Waals surface area contributed by atoms with Crippen molar-refractivity contribution in [3.63, 3.8) is 0 Å². The van der Waals surface area contributed by atoms with E-state index >= 15 is 0 Å². The van der Waals surface area contributed by atoms with Crippen molar-refractivity contribution >= 4 is 28.7 Å². The number of aromatic nitrogens is 3. The summed E-state index contributed by atoms with van der Waals surface area (Å²) in [5, 5.41) is 3.59. The molecule has 1 N–H and O–H groups in total. The number of nitrogens with zero attached hydrogens (tertiary/aromatic N) is 5. The number of methoxy groups -OCH3 is 1. The molecule has 3 aromatic rings. The molecule has 1 saturated carbocycles. The lowest BCUT2D eigenvalue weighted by Gasteiger charge is -2.51. The topological polar surface area (TPSA) is 102 Å². The molecular formula is C28H34N6O4. The van der Waals surface area contributed by atoms with Crippen LogP contribution in [0, 0.1) is 0 Å². The predicted molar refractivity (Wildman–Crippen MR) is 145 cm³/mol. The van der Waals surface area contributed by atoms with E-state index in [9.17, 15) is 4.79 Å². The number of pyridine rings is 1. The number of morpholine rings is 2. The highest BCUT2D eigenvalue weighted by Crippen LogP contribution is 2.41. The maximum absolute atomic E-state index is 12.2. The van der Waals surface area contributed by atoms with Gasteiger partial charge in [-0.1, -0.05) is 12.1 Å². The molecule has 0 radical (unpaired) electrons. The molecule has 200 valence electrons. The second-order valence-electron chi connectivity index (χ2n) is 10.4. The zero-order valence-electron chi connectivity index (χ0n) is 22.1. The molecule has 1 spiro atoms. The van der Waals surface area contributed by atoms with Crippen LogP contribution in [0.1, 0.15) is 30.1 Å². The summed E-state index contributed by atoms with van der Waals surface area (Å²) in [6, 6.07) is 11.7. The maximum Gasteiger partial charge on any atom is 0.251 e. The van der Waals surface area contributed by atoms with Gasteiger partial charge in [0.15, 0.2) is 5.65 Å². The molecule has 38 heavy (non-hydrogen) atoms. The fourth-order valence-corrected chi connectivity index (χ4v) is 5.71. The molecule has 10 heteroatoms. The lowest BCUT2D eigenvalue weighted by molar-refractivity contribution is -0.168. The van der Waals surface area contributed by atoms with E-state index < -0.39 is 0 Å². The molecule has 0 bridgehead atoms. The van der Waals surface area contributed by atoms with Gasteiger partial charge < -0.3 is 29.3 Å². The Morgan fingerprint density at radius 1 is 1.13 bits per heavy atom. The Kier molecular flexibility index (Phi) is 6.63. The SMILES string of the molecule is CNC(=O)c1cccc(-c2ccc3c(N4CCOC[C@@H]4C)nc(N4CCO[C@]5(C4)C[C@@H](OC)C5)nc3n2)c1. The first-order valence-corrected chi connectivity index (χ1v) is 13.3. The summed E-state index contributed by atoms with van der Waals surface area (Å²) in [4.78, 5) is 31.8. The third-order valence-electron chi connectivity index (χ3n) is 7.88. The van der Waals surface area contributed by atoms with Gasteiger partial charge in [-0.3, -0.25) is 4.79 Å². The number of benzene rings is 1. The van der Waals surface area contributed by atoms with E-state index in [2.05, 4.69) is 22.0 Å². The van der Waals surface area contributed by atoms with Crippen LogP contribution >= 0.6 is 0 Å². The minimum atomic E-state index is -0.209. The number of rotatable bonds is 5. The maximum atomic E-state index is 12.2. The zero-order valence-corrected chi connectivity index (χ0v) is 22.1. The van der Waals surface area contributed by atoms with Crippen molar-refractivity contribution in [1.82, 2.24) is 20.3 Å². The number of nitrogens with one attached hydrogen (secondary N) is 1. The average molecular weight is 519 g/mol. The van der Waals surface area contributed by atoms with Gasteiger partial charge in [-0.2, -0.15) is 9.97 Å². The van der Waals surface area contributed by atoms with Gasteiger partial charge >= 0.3 is 0 Å².